The Morgan fingerprint density at radius 1 is 1.19 bits per heavy atom. The summed E-state index contributed by atoms with van der Waals surface area (Å²) in [4.78, 5) is 12.7. The monoisotopic (exact) mass is 416 g/mol. The molecule has 7 heteroatoms. The number of benzene rings is 2. The van der Waals surface area contributed by atoms with Gasteiger partial charge in [0, 0.05) is 29.0 Å². The number of phenols is 1. The topological polar surface area (TPSA) is 61.4 Å². The highest BCUT2D eigenvalue weighted by atomic mass is 32.2. The zero-order valence-corrected chi connectivity index (χ0v) is 17.1. The Morgan fingerprint density at radius 3 is 2.74 bits per heavy atom. The van der Waals surface area contributed by atoms with Crippen molar-refractivity contribution in [1.29, 1.82) is 0 Å². The summed E-state index contributed by atoms with van der Waals surface area (Å²) in [6, 6.07) is 14.3. The average Bonchev–Trinajstić information content (AvgIpc) is 3.33. The lowest BCUT2D eigenvalue weighted by Crippen LogP contribution is -2.25. The molecule has 1 amide bonds. The van der Waals surface area contributed by atoms with Crippen molar-refractivity contribution in [1.82, 2.24) is 5.32 Å². The smallest absolute Gasteiger partial charge is 0.221 e. The van der Waals surface area contributed by atoms with E-state index in [9.17, 15) is 9.90 Å². The molecule has 1 saturated carbocycles. The van der Waals surface area contributed by atoms with Crippen molar-refractivity contribution in [2.75, 3.05) is 10.5 Å². The van der Waals surface area contributed by atoms with Gasteiger partial charge in [-0.15, -0.1) is 23.1 Å². The molecule has 0 radical (unpaired) electrons. The van der Waals surface area contributed by atoms with Crippen LogP contribution in [0.1, 0.15) is 19.3 Å². The van der Waals surface area contributed by atoms with Crippen molar-refractivity contribution < 1.29 is 9.90 Å². The van der Waals surface area contributed by atoms with Crippen LogP contribution in [-0.2, 0) is 4.79 Å². The number of phenolic OH excluding ortho intramolecular Hbond substituents is 1. The normalized spacial score (nSPS) is 13.6. The fraction of sp³-hybridized carbons (Fsp3) is 0.250. The third-order valence-corrected chi connectivity index (χ3v) is 7.16. The fourth-order valence-electron chi connectivity index (χ4n) is 2.74. The van der Waals surface area contributed by atoms with Gasteiger partial charge in [-0.3, -0.25) is 4.79 Å². The first-order valence-electron chi connectivity index (χ1n) is 8.84. The number of hydrogen-bond donors (Lipinski definition) is 3. The Bertz CT molecular complexity index is 940. The Balaban J connectivity index is 1.50. The summed E-state index contributed by atoms with van der Waals surface area (Å²) < 4.78 is 4.59. The molecule has 1 aromatic heterocycles. The minimum Gasteiger partial charge on any atom is -0.506 e. The number of nitrogens with one attached hydrogen (secondary N) is 2. The molecule has 1 fully saturated rings. The van der Waals surface area contributed by atoms with Gasteiger partial charge in [0.05, 0.1) is 14.8 Å². The molecule has 140 valence electrons. The van der Waals surface area contributed by atoms with Crippen LogP contribution < -0.4 is 10.0 Å². The van der Waals surface area contributed by atoms with Gasteiger partial charge < -0.3 is 15.1 Å². The highest BCUT2D eigenvalue weighted by Gasteiger charge is 2.23. The Labute approximate surface area is 170 Å². The molecule has 0 aliphatic heterocycles. The number of amides is 1. The highest BCUT2D eigenvalue weighted by Crippen LogP contribution is 2.41. The Kier molecular flexibility index (Phi) is 5.80. The first-order chi connectivity index (χ1) is 13.2. The molecule has 0 bridgehead atoms. The number of thioether (sulfide) groups is 1. The summed E-state index contributed by atoms with van der Waals surface area (Å²) in [6.07, 6.45) is 2.66. The van der Waals surface area contributed by atoms with E-state index in [4.69, 9.17) is 0 Å². The summed E-state index contributed by atoms with van der Waals surface area (Å²) in [6.45, 7) is 0. The predicted octanol–water partition coefficient (Wildman–Crippen LogP) is 5.49. The van der Waals surface area contributed by atoms with Gasteiger partial charge in [0.15, 0.2) is 0 Å². The predicted molar refractivity (Wildman–Crippen MR) is 116 cm³/mol. The van der Waals surface area contributed by atoms with Crippen molar-refractivity contribution in [2.45, 2.75) is 34.4 Å². The lowest BCUT2D eigenvalue weighted by molar-refractivity contribution is -0.120. The van der Waals surface area contributed by atoms with Crippen molar-refractivity contribution in [2.24, 2.45) is 0 Å². The third-order valence-electron chi connectivity index (χ3n) is 4.27. The van der Waals surface area contributed by atoms with E-state index in [0.29, 0.717) is 18.2 Å². The van der Waals surface area contributed by atoms with E-state index in [1.807, 2.05) is 41.8 Å². The molecule has 1 aliphatic carbocycles. The van der Waals surface area contributed by atoms with Gasteiger partial charge in [0.25, 0.3) is 0 Å². The largest absolute Gasteiger partial charge is 0.506 e. The molecular weight excluding hydrogens is 396 g/mol. The first-order valence-corrected chi connectivity index (χ1v) is 11.5. The number of fused-ring (bicyclic) bond motifs is 1. The molecular formula is C20H20N2O2S3. The van der Waals surface area contributed by atoms with Gasteiger partial charge in [0.2, 0.25) is 5.91 Å². The van der Waals surface area contributed by atoms with E-state index in [-0.39, 0.29) is 11.7 Å². The molecule has 4 nitrogen and oxygen atoms in total. The standard InChI is InChI=1S/C20H20N2O2S3/c23-18(21-13-7-8-13)9-11-25-17-12-16(22-27-19-6-3-10-26-19)14-4-1-2-5-15(14)20(17)24/h1-6,10,12-13,22,24H,7-9,11H2,(H,21,23). The van der Waals surface area contributed by atoms with Crippen LogP contribution in [0.3, 0.4) is 0 Å². The van der Waals surface area contributed by atoms with E-state index in [0.717, 1.165) is 34.2 Å². The molecule has 3 aromatic rings. The average molecular weight is 417 g/mol. The van der Waals surface area contributed by atoms with Crippen LogP contribution in [0.4, 0.5) is 5.69 Å². The van der Waals surface area contributed by atoms with Crippen LogP contribution in [0.25, 0.3) is 10.8 Å². The van der Waals surface area contributed by atoms with E-state index in [1.165, 1.54) is 16.0 Å². The van der Waals surface area contributed by atoms with Crippen molar-refractivity contribution in [3.63, 3.8) is 0 Å². The number of thiophene rings is 1. The Hall–Kier alpha value is -1.83. The minimum absolute atomic E-state index is 0.0943. The number of rotatable bonds is 8. The minimum atomic E-state index is 0.0943. The van der Waals surface area contributed by atoms with Gasteiger partial charge >= 0.3 is 0 Å². The fourth-order valence-corrected chi connectivity index (χ4v) is 5.15. The number of hydrogen-bond acceptors (Lipinski definition) is 6. The molecule has 0 saturated heterocycles. The molecule has 3 N–H and O–H groups in total. The van der Waals surface area contributed by atoms with E-state index in [1.54, 1.807) is 23.3 Å². The summed E-state index contributed by atoms with van der Waals surface area (Å²) in [7, 11) is 0. The van der Waals surface area contributed by atoms with Crippen molar-refractivity contribution >= 4 is 57.4 Å². The maximum Gasteiger partial charge on any atom is 0.221 e. The number of carbonyl (C=O) groups excluding carboxylic acids is 1. The SMILES string of the molecule is O=C(CCSc1cc(NSc2cccs2)c2ccccc2c1O)NC1CC1. The van der Waals surface area contributed by atoms with Gasteiger partial charge in [-0.05, 0) is 42.3 Å². The molecule has 2 aromatic carbocycles. The maximum atomic E-state index is 11.9. The van der Waals surface area contributed by atoms with E-state index in [2.05, 4.69) is 16.1 Å². The quantitative estimate of drug-likeness (QED) is 0.258. The van der Waals surface area contributed by atoms with Crippen LogP contribution >= 0.6 is 35.0 Å². The van der Waals surface area contributed by atoms with Crippen LogP contribution in [0.5, 0.6) is 5.75 Å². The van der Waals surface area contributed by atoms with Gasteiger partial charge in [0.1, 0.15) is 5.75 Å². The number of carbonyl (C=O) groups is 1. The van der Waals surface area contributed by atoms with Crippen LogP contribution in [0.2, 0.25) is 0 Å². The second kappa shape index (κ2) is 8.46. The Morgan fingerprint density at radius 2 is 2.00 bits per heavy atom. The molecule has 4 rings (SSSR count). The molecule has 1 aliphatic rings. The number of anilines is 1. The number of aromatic hydroxyl groups is 1. The summed E-state index contributed by atoms with van der Waals surface area (Å²) >= 11 is 4.77. The first kappa shape index (κ1) is 18.5. The van der Waals surface area contributed by atoms with Crippen LogP contribution in [0, 0.1) is 0 Å². The third kappa shape index (κ3) is 4.72. The zero-order valence-electron chi connectivity index (χ0n) is 14.6. The summed E-state index contributed by atoms with van der Waals surface area (Å²) in [5.74, 6) is 1.02. The zero-order chi connectivity index (χ0) is 18.6. The second-order valence-corrected chi connectivity index (χ2v) is 9.58. The van der Waals surface area contributed by atoms with Gasteiger partial charge in [-0.25, -0.2) is 0 Å². The van der Waals surface area contributed by atoms with E-state index < -0.39 is 0 Å². The van der Waals surface area contributed by atoms with Gasteiger partial charge in [-0.1, -0.05) is 30.3 Å². The highest BCUT2D eigenvalue weighted by molar-refractivity contribution is 8.02. The molecule has 0 unspecified atom stereocenters. The lowest BCUT2D eigenvalue weighted by Gasteiger charge is -2.13. The molecule has 1 heterocycles. The van der Waals surface area contributed by atoms with Gasteiger partial charge in [-0.2, -0.15) is 0 Å². The lowest BCUT2D eigenvalue weighted by atomic mass is 10.1. The van der Waals surface area contributed by atoms with Crippen LogP contribution in [-0.4, -0.2) is 22.8 Å². The molecule has 0 atom stereocenters. The maximum absolute atomic E-state index is 11.9. The molecule has 27 heavy (non-hydrogen) atoms. The summed E-state index contributed by atoms with van der Waals surface area (Å²) in [5, 5.41) is 17.5. The second-order valence-electron chi connectivity index (χ2n) is 6.39. The molecule has 0 spiro atoms. The van der Waals surface area contributed by atoms with E-state index >= 15 is 0 Å². The van der Waals surface area contributed by atoms with Crippen LogP contribution in [0.15, 0.2) is 56.9 Å². The van der Waals surface area contributed by atoms with Crippen molar-refractivity contribution in [3.05, 3.63) is 47.8 Å². The summed E-state index contributed by atoms with van der Waals surface area (Å²) in [5.41, 5.74) is 0.965. The van der Waals surface area contributed by atoms with Crippen molar-refractivity contribution in [3.8, 4) is 5.75 Å².